The van der Waals surface area contributed by atoms with Crippen LogP contribution in [0.15, 0.2) is 18.2 Å². The zero-order chi connectivity index (χ0) is 12.0. The van der Waals surface area contributed by atoms with Crippen LogP contribution in [-0.4, -0.2) is 27.4 Å². The van der Waals surface area contributed by atoms with E-state index < -0.39 is 0 Å². The van der Waals surface area contributed by atoms with Gasteiger partial charge in [0.05, 0.1) is 13.7 Å². The first-order chi connectivity index (χ1) is 7.69. The second-order valence-electron chi connectivity index (χ2n) is 3.53. The summed E-state index contributed by atoms with van der Waals surface area (Å²) < 4.78 is 15.7. The van der Waals surface area contributed by atoms with Gasteiger partial charge in [-0.3, -0.25) is 0 Å². The highest BCUT2D eigenvalue weighted by atomic mass is 16.5. The van der Waals surface area contributed by atoms with Crippen molar-refractivity contribution < 1.29 is 14.2 Å². The predicted octanol–water partition coefficient (Wildman–Crippen LogP) is 1.74. The standard InChI is InChI=1S/C12H19NO3/c1-9(13)11-5-4-10(15-3)8-12(11)16-7-6-14-2/h4-5,8-9H,6-7,13H2,1-3H3/t9-/m0/s1. The van der Waals surface area contributed by atoms with E-state index in [1.165, 1.54) is 0 Å². The van der Waals surface area contributed by atoms with Gasteiger partial charge < -0.3 is 19.9 Å². The number of ether oxygens (including phenoxy) is 3. The minimum absolute atomic E-state index is 0.0662. The summed E-state index contributed by atoms with van der Waals surface area (Å²) in [6.07, 6.45) is 0. The van der Waals surface area contributed by atoms with Gasteiger partial charge in [-0.15, -0.1) is 0 Å². The summed E-state index contributed by atoms with van der Waals surface area (Å²) in [5, 5.41) is 0. The maximum absolute atomic E-state index is 5.86. The molecule has 0 aliphatic rings. The minimum atomic E-state index is -0.0662. The van der Waals surface area contributed by atoms with Crippen molar-refractivity contribution in [3.05, 3.63) is 23.8 Å². The monoisotopic (exact) mass is 225 g/mol. The molecule has 4 nitrogen and oxygen atoms in total. The Bertz CT molecular complexity index is 326. The van der Waals surface area contributed by atoms with Gasteiger partial charge in [-0.2, -0.15) is 0 Å². The average Bonchev–Trinajstić information content (AvgIpc) is 2.29. The van der Waals surface area contributed by atoms with E-state index in [4.69, 9.17) is 19.9 Å². The second-order valence-corrected chi connectivity index (χ2v) is 3.53. The molecule has 0 unspecified atom stereocenters. The Morgan fingerprint density at radius 1 is 1.25 bits per heavy atom. The molecular formula is C12H19NO3. The Kier molecular flexibility index (Phi) is 5.08. The van der Waals surface area contributed by atoms with Gasteiger partial charge in [-0.25, -0.2) is 0 Å². The van der Waals surface area contributed by atoms with Gasteiger partial charge in [-0.1, -0.05) is 6.07 Å². The number of hydrogen-bond acceptors (Lipinski definition) is 4. The maximum Gasteiger partial charge on any atom is 0.127 e. The van der Waals surface area contributed by atoms with Crippen LogP contribution in [0.1, 0.15) is 18.5 Å². The molecule has 0 fully saturated rings. The third kappa shape index (κ3) is 3.40. The van der Waals surface area contributed by atoms with Crippen molar-refractivity contribution >= 4 is 0 Å². The highest BCUT2D eigenvalue weighted by Gasteiger charge is 2.09. The van der Waals surface area contributed by atoms with E-state index in [1.54, 1.807) is 14.2 Å². The zero-order valence-corrected chi connectivity index (χ0v) is 10.0. The Morgan fingerprint density at radius 3 is 2.56 bits per heavy atom. The molecule has 1 rings (SSSR count). The van der Waals surface area contributed by atoms with Gasteiger partial charge in [-0.05, 0) is 13.0 Å². The van der Waals surface area contributed by atoms with E-state index in [0.29, 0.717) is 13.2 Å². The molecular weight excluding hydrogens is 206 g/mol. The van der Waals surface area contributed by atoms with Gasteiger partial charge >= 0.3 is 0 Å². The summed E-state index contributed by atoms with van der Waals surface area (Å²) in [5.41, 5.74) is 6.83. The summed E-state index contributed by atoms with van der Waals surface area (Å²) in [6, 6.07) is 5.57. The number of nitrogens with two attached hydrogens (primary N) is 1. The van der Waals surface area contributed by atoms with Crippen LogP contribution in [-0.2, 0) is 4.74 Å². The van der Waals surface area contributed by atoms with Gasteiger partial charge in [0.25, 0.3) is 0 Å². The molecule has 0 spiro atoms. The van der Waals surface area contributed by atoms with E-state index in [2.05, 4.69) is 0 Å². The molecule has 16 heavy (non-hydrogen) atoms. The van der Waals surface area contributed by atoms with Crippen LogP contribution in [0.3, 0.4) is 0 Å². The quantitative estimate of drug-likeness (QED) is 0.749. The van der Waals surface area contributed by atoms with Crippen LogP contribution in [0.2, 0.25) is 0 Å². The van der Waals surface area contributed by atoms with Crippen molar-refractivity contribution in [1.82, 2.24) is 0 Å². The van der Waals surface area contributed by atoms with Crippen LogP contribution in [0.25, 0.3) is 0 Å². The lowest BCUT2D eigenvalue weighted by atomic mass is 10.1. The van der Waals surface area contributed by atoms with Crippen LogP contribution in [0.4, 0.5) is 0 Å². The van der Waals surface area contributed by atoms with Crippen LogP contribution < -0.4 is 15.2 Å². The number of rotatable bonds is 6. The third-order valence-corrected chi connectivity index (χ3v) is 2.26. The van der Waals surface area contributed by atoms with Crippen molar-refractivity contribution in [3.63, 3.8) is 0 Å². The summed E-state index contributed by atoms with van der Waals surface area (Å²) >= 11 is 0. The zero-order valence-electron chi connectivity index (χ0n) is 10.0. The SMILES string of the molecule is COCCOc1cc(OC)ccc1[C@H](C)N. The van der Waals surface area contributed by atoms with Crippen molar-refractivity contribution in [2.45, 2.75) is 13.0 Å². The lowest BCUT2D eigenvalue weighted by molar-refractivity contribution is 0.145. The Morgan fingerprint density at radius 2 is 2.00 bits per heavy atom. The molecule has 0 heterocycles. The first-order valence-electron chi connectivity index (χ1n) is 5.24. The number of benzene rings is 1. The van der Waals surface area contributed by atoms with Crippen LogP contribution in [0, 0.1) is 0 Å². The third-order valence-electron chi connectivity index (χ3n) is 2.26. The highest BCUT2D eigenvalue weighted by Crippen LogP contribution is 2.28. The molecule has 0 saturated carbocycles. The van der Waals surface area contributed by atoms with E-state index in [-0.39, 0.29) is 6.04 Å². The molecule has 1 aromatic rings. The van der Waals surface area contributed by atoms with Gasteiger partial charge in [0.2, 0.25) is 0 Å². The Labute approximate surface area is 96.3 Å². The van der Waals surface area contributed by atoms with E-state index >= 15 is 0 Å². The Hall–Kier alpha value is -1.26. The molecule has 0 saturated heterocycles. The molecule has 2 N–H and O–H groups in total. The molecule has 0 aromatic heterocycles. The topological polar surface area (TPSA) is 53.7 Å². The summed E-state index contributed by atoms with van der Waals surface area (Å²) in [4.78, 5) is 0. The lowest BCUT2D eigenvalue weighted by Gasteiger charge is -2.14. The summed E-state index contributed by atoms with van der Waals surface area (Å²) in [6.45, 7) is 2.98. The van der Waals surface area contributed by atoms with Crippen molar-refractivity contribution in [2.75, 3.05) is 27.4 Å². The van der Waals surface area contributed by atoms with E-state index in [9.17, 15) is 0 Å². The largest absolute Gasteiger partial charge is 0.497 e. The second kappa shape index (κ2) is 6.35. The van der Waals surface area contributed by atoms with E-state index in [1.807, 2.05) is 25.1 Å². The molecule has 4 heteroatoms. The summed E-state index contributed by atoms with van der Waals surface area (Å²) in [7, 11) is 3.27. The van der Waals surface area contributed by atoms with Crippen molar-refractivity contribution in [3.8, 4) is 11.5 Å². The molecule has 1 aromatic carbocycles. The average molecular weight is 225 g/mol. The fourth-order valence-corrected chi connectivity index (χ4v) is 1.38. The molecule has 90 valence electrons. The van der Waals surface area contributed by atoms with Gasteiger partial charge in [0, 0.05) is 24.8 Å². The summed E-state index contributed by atoms with van der Waals surface area (Å²) in [5.74, 6) is 1.52. The molecule has 0 bridgehead atoms. The highest BCUT2D eigenvalue weighted by molar-refractivity contribution is 5.42. The molecule has 0 radical (unpaired) electrons. The smallest absolute Gasteiger partial charge is 0.127 e. The fraction of sp³-hybridized carbons (Fsp3) is 0.500. The fourth-order valence-electron chi connectivity index (χ4n) is 1.38. The van der Waals surface area contributed by atoms with Crippen LogP contribution >= 0.6 is 0 Å². The first kappa shape index (κ1) is 12.8. The number of hydrogen-bond donors (Lipinski definition) is 1. The van der Waals surface area contributed by atoms with Crippen molar-refractivity contribution in [2.24, 2.45) is 5.73 Å². The predicted molar refractivity (Wildman–Crippen MR) is 63.0 cm³/mol. The first-order valence-corrected chi connectivity index (χ1v) is 5.24. The maximum atomic E-state index is 5.86. The molecule has 0 aliphatic heterocycles. The van der Waals surface area contributed by atoms with E-state index in [0.717, 1.165) is 17.1 Å². The van der Waals surface area contributed by atoms with Crippen LogP contribution in [0.5, 0.6) is 11.5 Å². The minimum Gasteiger partial charge on any atom is -0.497 e. The van der Waals surface area contributed by atoms with Gasteiger partial charge in [0.1, 0.15) is 18.1 Å². The molecule has 1 atom stereocenters. The lowest BCUT2D eigenvalue weighted by Crippen LogP contribution is -2.10. The normalized spacial score (nSPS) is 12.2. The van der Waals surface area contributed by atoms with Crippen molar-refractivity contribution in [1.29, 1.82) is 0 Å². The number of methoxy groups -OCH3 is 2. The molecule has 0 amide bonds. The molecule has 0 aliphatic carbocycles. The van der Waals surface area contributed by atoms with Gasteiger partial charge in [0.15, 0.2) is 0 Å². The Balaban J connectivity index is 2.83.